The molecule has 1 aromatic rings. The first-order valence-electron chi connectivity index (χ1n) is 6.68. The van der Waals surface area contributed by atoms with Gasteiger partial charge in [0.25, 0.3) is 5.91 Å². The molecule has 114 valence electrons. The van der Waals surface area contributed by atoms with Crippen LogP contribution in [0.25, 0.3) is 0 Å². The van der Waals surface area contributed by atoms with E-state index >= 15 is 0 Å². The third kappa shape index (κ3) is 4.30. The fraction of sp³-hybridized carbons (Fsp3) is 0.462. The SMILES string of the molecule is NC(=O)CN1CCC(NC(=O)c2cc(N)cnc2Cl)CC1. The molecule has 2 amide bonds. The number of likely N-dealkylation sites (tertiary alicyclic amines) is 1. The molecule has 0 saturated carbocycles. The third-order valence-corrected chi connectivity index (χ3v) is 3.71. The van der Waals surface area contributed by atoms with Gasteiger partial charge in [0.2, 0.25) is 5.91 Å². The second-order valence-electron chi connectivity index (χ2n) is 5.10. The van der Waals surface area contributed by atoms with Gasteiger partial charge in [-0.15, -0.1) is 0 Å². The van der Waals surface area contributed by atoms with Gasteiger partial charge < -0.3 is 16.8 Å². The highest BCUT2D eigenvalue weighted by Gasteiger charge is 2.23. The van der Waals surface area contributed by atoms with E-state index in [0.29, 0.717) is 5.69 Å². The minimum atomic E-state index is -0.338. The van der Waals surface area contributed by atoms with Crippen molar-refractivity contribution in [3.8, 4) is 0 Å². The molecule has 0 aliphatic carbocycles. The molecule has 1 aromatic heterocycles. The van der Waals surface area contributed by atoms with Gasteiger partial charge in [-0.05, 0) is 18.9 Å². The fourth-order valence-electron chi connectivity index (χ4n) is 2.34. The molecule has 1 aliphatic rings. The summed E-state index contributed by atoms with van der Waals surface area (Å²) >= 11 is 5.90. The fourth-order valence-corrected chi connectivity index (χ4v) is 2.53. The predicted molar refractivity (Wildman–Crippen MR) is 79.8 cm³/mol. The standard InChI is InChI=1S/C13H18ClN5O2/c14-12-10(5-8(15)6-17-12)13(21)18-9-1-3-19(4-2-9)7-11(16)20/h5-6,9H,1-4,7,15H2,(H2,16,20)(H,18,21). The Kier molecular flexibility index (Phi) is 4.98. The molecule has 5 N–H and O–H groups in total. The molecule has 21 heavy (non-hydrogen) atoms. The van der Waals surface area contributed by atoms with E-state index in [1.54, 1.807) is 0 Å². The van der Waals surface area contributed by atoms with Gasteiger partial charge in [-0.25, -0.2) is 4.98 Å². The number of primary amides is 1. The largest absolute Gasteiger partial charge is 0.397 e. The molecule has 0 unspecified atom stereocenters. The summed E-state index contributed by atoms with van der Waals surface area (Å²) in [6.07, 6.45) is 2.92. The van der Waals surface area contributed by atoms with Crippen LogP contribution in [0, 0.1) is 0 Å². The second kappa shape index (κ2) is 6.73. The number of hydrogen-bond donors (Lipinski definition) is 3. The Balaban J connectivity index is 1.90. The van der Waals surface area contributed by atoms with Crippen LogP contribution in [0.2, 0.25) is 5.15 Å². The molecule has 0 radical (unpaired) electrons. The predicted octanol–water partition coefficient (Wildman–Crippen LogP) is -0.00330. The Morgan fingerprint density at radius 1 is 1.43 bits per heavy atom. The van der Waals surface area contributed by atoms with Crippen molar-refractivity contribution in [2.45, 2.75) is 18.9 Å². The molecular formula is C13H18ClN5O2. The highest BCUT2D eigenvalue weighted by molar-refractivity contribution is 6.32. The molecule has 0 spiro atoms. The van der Waals surface area contributed by atoms with Crippen LogP contribution < -0.4 is 16.8 Å². The summed E-state index contributed by atoms with van der Waals surface area (Å²) in [5, 5.41) is 3.05. The van der Waals surface area contributed by atoms with Crippen LogP contribution in [0.15, 0.2) is 12.3 Å². The lowest BCUT2D eigenvalue weighted by atomic mass is 10.0. The summed E-state index contributed by atoms with van der Waals surface area (Å²) in [5.41, 5.74) is 11.4. The zero-order valence-electron chi connectivity index (χ0n) is 11.5. The summed E-state index contributed by atoms with van der Waals surface area (Å²) in [4.78, 5) is 28.9. The van der Waals surface area contributed by atoms with Crippen molar-refractivity contribution in [3.63, 3.8) is 0 Å². The number of rotatable bonds is 4. The number of nitrogens with two attached hydrogens (primary N) is 2. The Morgan fingerprint density at radius 3 is 2.71 bits per heavy atom. The van der Waals surface area contributed by atoms with Crippen molar-refractivity contribution in [1.82, 2.24) is 15.2 Å². The van der Waals surface area contributed by atoms with E-state index in [9.17, 15) is 9.59 Å². The lowest BCUT2D eigenvalue weighted by molar-refractivity contribution is -0.119. The maximum Gasteiger partial charge on any atom is 0.254 e. The van der Waals surface area contributed by atoms with Gasteiger partial charge in [-0.2, -0.15) is 0 Å². The molecule has 0 bridgehead atoms. The first-order chi connectivity index (χ1) is 9.95. The third-order valence-electron chi connectivity index (χ3n) is 3.41. The smallest absolute Gasteiger partial charge is 0.254 e. The maximum absolute atomic E-state index is 12.2. The van der Waals surface area contributed by atoms with E-state index in [2.05, 4.69) is 10.3 Å². The number of nitrogens with one attached hydrogen (secondary N) is 1. The minimum absolute atomic E-state index is 0.0409. The highest BCUT2D eigenvalue weighted by atomic mass is 35.5. The molecule has 2 rings (SSSR count). The number of carbonyl (C=O) groups excluding carboxylic acids is 2. The first-order valence-corrected chi connectivity index (χ1v) is 7.06. The number of nitrogen functional groups attached to an aromatic ring is 1. The van der Waals surface area contributed by atoms with Gasteiger partial charge in [0.15, 0.2) is 0 Å². The number of pyridine rings is 1. The molecule has 7 nitrogen and oxygen atoms in total. The molecule has 1 fully saturated rings. The molecule has 2 heterocycles. The van der Waals surface area contributed by atoms with Gasteiger partial charge in [0.1, 0.15) is 5.15 Å². The van der Waals surface area contributed by atoms with Crippen LogP contribution in [-0.4, -0.2) is 47.4 Å². The first kappa shape index (κ1) is 15.5. The number of nitrogens with zero attached hydrogens (tertiary/aromatic N) is 2. The van der Waals surface area contributed by atoms with Crippen molar-refractivity contribution in [3.05, 3.63) is 23.0 Å². The summed E-state index contributed by atoms with van der Waals surface area (Å²) in [7, 11) is 0. The number of carbonyl (C=O) groups is 2. The quantitative estimate of drug-likeness (QED) is 0.677. The molecule has 1 saturated heterocycles. The van der Waals surface area contributed by atoms with E-state index < -0.39 is 0 Å². The van der Waals surface area contributed by atoms with Crippen LogP contribution in [-0.2, 0) is 4.79 Å². The summed E-state index contributed by atoms with van der Waals surface area (Å²) in [6, 6.07) is 1.55. The highest BCUT2D eigenvalue weighted by Crippen LogP contribution is 2.17. The van der Waals surface area contributed by atoms with E-state index in [0.717, 1.165) is 25.9 Å². The number of hydrogen-bond acceptors (Lipinski definition) is 5. The topological polar surface area (TPSA) is 114 Å². The normalized spacial score (nSPS) is 16.6. The Hall–Kier alpha value is -1.86. The van der Waals surface area contributed by atoms with Gasteiger partial charge in [0.05, 0.1) is 24.0 Å². The molecular weight excluding hydrogens is 294 g/mol. The van der Waals surface area contributed by atoms with E-state index in [1.165, 1.54) is 12.3 Å². The number of halogens is 1. The van der Waals surface area contributed by atoms with Crippen molar-refractivity contribution in [2.24, 2.45) is 5.73 Å². The second-order valence-corrected chi connectivity index (χ2v) is 5.46. The van der Waals surface area contributed by atoms with Crippen LogP contribution in [0.4, 0.5) is 5.69 Å². The van der Waals surface area contributed by atoms with Crippen molar-refractivity contribution >= 4 is 29.1 Å². The van der Waals surface area contributed by atoms with Gasteiger partial charge >= 0.3 is 0 Å². The molecule has 0 aromatic carbocycles. The lowest BCUT2D eigenvalue weighted by Gasteiger charge is -2.31. The summed E-state index contributed by atoms with van der Waals surface area (Å²) in [6.45, 7) is 1.69. The van der Waals surface area contributed by atoms with Crippen molar-refractivity contribution in [2.75, 3.05) is 25.4 Å². The molecule has 1 aliphatic heterocycles. The lowest BCUT2D eigenvalue weighted by Crippen LogP contribution is -2.46. The van der Waals surface area contributed by atoms with E-state index in [1.807, 2.05) is 4.90 Å². The van der Waals surface area contributed by atoms with Crippen LogP contribution in [0.1, 0.15) is 23.2 Å². The monoisotopic (exact) mass is 311 g/mol. The van der Waals surface area contributed by atoms with Crippen LogP contribution >= 0.6 is 11.6 Å². The number of amides is 2. The number of aromatic nitrogens is 1. The van der Waals surface area contributed by atoms with E-state index in [4.69, 9.17) is 23.1 Å². The average molecular weight is 312 g/mol. The zero-order chi connectivity index (χ0) is 15.4. The summed E-state index contributed by atoms with van der Waals surface area (Å²) < 4.78 is 0. The Morgan fingerprint density at radius 2 is 2.10 bits per heavy atom. The average Bonchev–Trinajstić information content (AvgIpc) is 2.43. The molecule has 0 atom stereocenters. The number of anilines is 1. The van der Waals surface area contributed by atoms with Crippen molar-refractivity contribution < 1.29 is 9.59 Å². The Labute approximate surface area is 127 Å². The van der Waals surface area contributed by atoms with Gasteiger partial charge in [0, 0.05) is 19.1 Å². The van der Waals surface area contributed by atoms with Crippen LogP contribution in [0.3, 0.4) is 0 Å². The van der Waals surface area contributed by atoms with Gasteiger partial charge in [-0.3, -0.25) is 14.5 Å². The zero-order valence-corrected chi connectivity index (χ0v) is 12.3. The summed E-state index contributed by atoms with van der Waals surface area (Å²) in [5.74, 6) is -0.622. The number of piperidine rings is 1. The molecule has 8 heteroatoms. The maximum atomic E-state index is 12.2. The Bertz CT molecular complexity index is 543. The van der Waals surface area contributed by atoms with Crippen LogP contribution in [0.5, 0.6) is 0 Å². The minimum Gasteiger partial charge on any atom is -0.397 e. The van der Waals surface area contributed by atoms with Crippen molar-refractivity contribution in [1.29, 1.82) is 0 Å². The van der Waals surface area contributed by atoms with E-state index in [-0.39, 0.29) is 35.1 Å². The van der Waals surface area contributed by atoms with Gasteiger partial charge in [-0.1, -0.05) is 11.6 Å².